The maximum Gasteiger partial charge on any atom is 0.191 e. The van der Waals surface area contributed by atoms with Gasteiger partial charge in [0.25, 0.3) is 0 Å². The Bertz CT molecular complexity index is 492. The smallest absolute Gasteiger partial charge is 0.191 e. The van der Waals surface area contributed by atoms with Crippen molar-refractivity contribution in [2.75, 3.05) is 26.7 Å². The highest BCUT2D eigenvalue weighted by Crippen LogP contribution is 2.16. The Kier molecular flexibility index (Phi) is 7.30. The van der Waals surface area contributed by atoms with E-state index in [-0.39, 0.29) is 0 Å². The van der Waals surface area contributed by atoms with Crippen molar-refractivity contribution in [2.45, 2.75) is 59.0 Å². The van der Waals surface area contributed by atoms with Crippen LogP contribution in [0.2, 0.25) is 0 Å². The minimum atomic E-state index is 0.738. The van der Waals surface area contributed by atoms with Crippen LogP contribution in [0.5, 0.6) is 0 Å². The summed E-state index contributed by atoms with van der Waals surface area (Å²) in [7, 11) is 1.82. The first-order valence-electron chi connectivity index (χ1n) is 8.71. The van der Waals surface area contributed by atoms with E-state index in [4.69, 9.17) is 0 Å². The van der Waals surface area contributed by atoms with Gasteiger partial charge in [0, 0.05) is 31.1 Å². The first-order valence-corrected chi connectivity index (χ1v) is 9.53. The number of aliphatic imine (C=N–C) groups is 1. The van der Waals surface area contributed by atoms with Gasteiger partial charge in [-0.25, -0.2) is 4.98 Å². The van der Waals surface area contributed by atoms with E-state index in [2.05, 4.69) is 46.3 Å². The summed E-state index contributed by atoms with van der Waals surface area (Å²) in [4.78, 5) is 12.7. The predicted molar refractivity (Wildman–Crippen MR) is 99.3 cm³/mol. The quantitative estimate of drug-likeness (QED) is 0.476. The highest BCUT2D eigenvalue weighted by Gasteiger charge is 2.17. The molecule has 1 unspecified atom stereocenters. The van der Waals surface area contributed by atoms with Crippen LogP contribution in [0.3, 0.4) is 0 Å². The van der Waals surface area contributed by atoms with Crippen LogP contribution in [0.1, 0.15) is 48.2 Å². The molecule has 0 bridgehead atoms. The highest BCUT2D eigenvalue weighted by molar-refractivity contribution is 7.11. The molecule has 2 heterocycles. The number of thiazole rings is 1. The van der Waals surface area contributed by atoms with Gasteiger partial charge in [-0.05, 0) is 46.6 Å². The van der Waals surface area contributed by atoms with Crippen molar-refractivity contribution >= 4 is 17.3 Å². The first-order chi connectivity index (χ1) is 11.1. The number of rotatable bonds is 6. The third-order valence-corrected chi connectivity index (χ3v) is 5.63. The second kappa shape index (κ2) is 9.23. The van der Waals surface area contributed by atoms with Crippen molar-refractivity contribution in [2.24, 2.45) is 4.99 Å². The van der Waals surface area contributed by atoms with Crippen LogP contribution >= 0.6 is 11.3 Å². The van der Waals surface area contributed by atoms with Gasteiger partial charge in [-0.1, -0.05) is 6.42 Å². The van der Waals surface area contributed by atoms with Crippen LogP contribution < -0.4 is 10.6 Å². The maximum absolute atomic E-state index is 4.55. The lowest BCUT2D eigenvalue weighted by molar-refractivity contribution is 0.159. The summed E-state index contributed by atoms with van der Waals surface area (Å²) in [5, 5.41) is 7.87. The Labute approximate surface area is 144 Å². The fourth-order valence-electron chi connectivity index (χ4n) is 2.97. The van der Waals surface area contributed by atoms with Gasteiger partial charge in [0.05, 0.1) is 12.2 Å². The largest absolute Gasteiger partial charge is 0.356 e. The molecule has 1 aromatic rings. The van der Waals surface area contributed by atoms with Crippen molar-refractivity contribution in [3.05, 3.63) is 15.6 Å². The van der Waals surface area contributed by atoms with Gasteiger partial charge in [-0.15, -0.1) is 11.3 Å². The molecule has 1 atom stereocenters. The number of hydrogen-bond acceptors (Lipinski definition) is 4. The monoisotopic (exact) mass is 337 g/mol. The summed E-state index contributed by atoms with van der Waals surface area (Å²) in [5.41, 5.74) is 1.13. The Morgan fingerprint density at radius 1 is 1.35 bits per heavy atom. The first kappa shape index (κ1) is 18.2. The zero-order valence-electron chi connectivity index (χ0n) is 15.0. The average Bonchev–Trinajstić information content (AvgIpc) is 2.86. The Hall–Kier alpha value is -1.14. The number of aryl methyl sites for hydroxylation is 2. The van der Waals surface area contributed by atoms with Gasteiger partial charge < -0.3 is 15.5 Å². The number of piperidine rings is 1. The van der Waals surface area contributed by atoms with Crippen LogP contribution in [-0.4, -0.2) is 48.6 Å². The highest BCUT2D eigenvalue weighted by atomic mass is 32.1. The number of nitrogens with one attached hydrogen (secondary N) is 2. The molecule has 2 N–H and O–H groups in total. The van der Waals surface area contributed by atoms with E-state index < -0.39 is 0 Å². The van der Waals surface area contributed by atoms with Crippen LogP contribution in [0.4, 0.5) is 0 Å². The van der Waals surface area contributed by atoms with E-state index in [0.29, 0.717) is 0 Å². The third-order valence-electron chi connectivity index (χ3n) is 4.56. The van der Waals surface area contributed by atoms with Gasteiger partial charge >= 0.3 is 0 Å². The maximum atomic E-state index is 4.55. The molecule has 1 aliphatic rings. The number of guanidine groups is 1. The molecule has 6 heteroatoms. The van der Waals surface area contributed by atoms with Crippen molar-refractivity contribution < 1.29 is 0 Å². The van der Waals surface area contributed by atoms with Crippen LogP contribution in [0.25, 0.3) is 0 Å². The van der Waals surface area contributed by atoms with Crippen molar-refractivity contribution in [1.82, 2.24) is 20.5 Å². The summed E-state index contributed by atoms with van der Waals surface area (Å²) < 4.78 is 0. The molecule has 0 aromatic carbocycles. The number of nitrogens with zero attached hydrogens (tertiary/aromatic N) is 3. The van der Waals surface area contributed by atoms with Gasteiger partial charge in [-0.3, -0.25) is 4.99 Å². The lowest BCUT2D eigenvalue weighted by Crippen LogP contribution is -2.41. The van der Waals surface area contributed by atoms with E-state index in [0.717, 1.165) is 42.2 Å². The molecule has 0 saturated carbocycles. The number of hydrogen-bond donors (Lipinski definition) is 2. The Balaban J connectivity index is 1.65. The Morgan fingerprint density at radius 3 is 2.83 bits per heavy atom. The molecular formula is C17H31N5S. The summed E-state index contributed by atoms with van der Waals surface area (Å²) in [6.45, 7) is 10.7. The molecule has 2 rings (SSSR count). The van der Waals surface area contributed by atoms with E-state index in [1.165, 1.54) is 37.2 Å². The zero-order chi connectivity index (χ0) is 16.7. The molecule has 1 aromatic heterocycles. The van der Waals surface area contributed by atoms with Gasteiger partial charge in [0.2, 0.25) is 0 Å². The molecule has 1 saturated heterocycles. The second-order valence-corrected chi connectivity index (χ2v) is 7.62. The SMILES string of the molecule is CN=C(NCCCN1CCCCC1C)NCc1nc(C)c(C)s1. The van der Waals surface area contributed by atoms with E-state index in [1.807, 2.05) is 7.05 Å². The summed E-state index contributed by atoms with van der Waals surface area (Å²) in [6, 6.07) is 0.748. The van der Waals surface area contributed by atoms with E-state index in [1.54, 1.807) is 11.3 Å². The van der Waals surface area contributed by atoms with Crippen LogP contribution in [-0.2, 0) is 6.54 Å². The Morgan fingerprint density at radius 2 is 2.17 bits per heavy atom. The molecule has 5 nitrogen and oxygen atoms in total. The van der Waals surface area contributed by atoms with Gasteiger partial charge in [0.15, 0.2) is 5.96 Å². The number of aromatic nitrogens is 1. The minimum absolute atomic E-state index is 0.738. The van der Waals surface area contributed by atoms with Gasteiger partial charge in [0.1, 0.15) is 5.01 Å². The summed E-state index contributed by atoms with van der Waals surface area (Å²) in [5.74, 6) is 0.863. The summed E-state index contributed by atoms with van der Waals surface area (Å²) >= 11 is 1.75. The normalized spacial score (nSPS) is 19.8. The fraction of sp³-hybridized carbons (Fsp3) is 0.765. The lowest BCUT2D eigenvalue weighted by Gasteiger charge is -2.33. The van der Waals surface area contributed by atoms with Crippen molar-refractivity contribution in [1.29, 1.82) is 0 Å². The summed E-state index contributed by atoms with van der Waals surface area (Å²) in [6.07, 6.45) is 5.25. The average molecular weight is 338 g/mol. The van der Waals surface area contributed by atoms with Crippen LogP contribution in [0, 0.1) is 13.8 Å². The van der Waals surface area contributed by atoms with Gasteiger partial charge in [-0.2, -0.15) is 0 Å². The fourth-order valence-corrected chi connectivity index (χ4v) is 3.85. The van der Waals surface area contributed by atoms with E-state index in [9.17, 15) is 0 Å². The topological polar surface area (TPSA) is 52.6 Å². The third kappa shape index (κ3) is 5.77. The molecule has 0 spiro atoms. The standard InChI is InChI=1S/C17H31N5S/c1-13-8-5-6-10-22(13)11-7-9-19-17(18-4)20-12-16-21-14(2)15(3)23-16/h13H,5-12H2,1-4H3,(H2,18,19,20). The molecule has 0 aliphatic carbocycles. The van der Waals surface area contributed by atoms with Crippen molar-refractivity contribution in [3.63, 3.8) is 0 Å². The lowest BCUT2D eigenvalue weighted by atomic mass is 10.0. The molecule has 1 aliphatic heterocycles. The molecule has 0 amide bonds. The molecule has 23 heavy (non-hydrogen) atoms. The number of likely N-dealkylation sites (tertiary alicyclic amines) is 1. The van der Waals surface area contributed by atoms with E-state index >= 15 is 0 Å². The second-order valence-electron chi connectivity index (χ2n) is 6.34. The molecule has 0 radical (unpaired) electrons. The predicted octanol–water partition coefficient (Wildman–Crippen LogP) is 2.69. The molecular weight excluding hydrogens is 306 g/mol. The molecule has 130 valence electrons. The zero-order valence-corrected chi connectivity index (χ0v) is 15.8. The van der Waals surface area contributed by atoms with Crippen LogP contribution in [0.15, 0.2) is 4.99 Å². The minimum Gasteiger partial charge on any atom is -0.356 e. The molecule has 1 fully saturated rings. The van der Waals surface area contributed by atoms with Crippen molar-refractivity contribution in [3.8, 4) is 0 Å².